The smallest absolute Gasteiger partial charge is 0.251 e. The predicted molar refractivity (Wildman–Crippen MR) is 117 cm³/mol. The highest BCUT2D eigenvalue weighted by atomic mass is 35.5. The Hall–Kier alpha value is -2.23. The van der Waals surface area contributed by atoms with E-state index in [9.17, 15) is 4.79 Å². The number of benzene rings is 3. The number of aryl methyl sites for hydroxylation is 1. The Morgan fingerprint density at radius 3 is 2.54 bits per heavy atom. The van der Waals surface area contributed by atoms with Crippen LogP contribution in [0, 0.1) is 0 Å². The first-order valence-electron chi connectivity index (χ1n) is 9.55. The molecule has 142 valence electrons. The van der Waals surface area contributed by atoms with Crippen molar-refractivity contribution in [1.82, 2.24) is 5.32 Å². The summed E-state index contributed by atoms with van der Waals surface area (Å²) in [5.74, 6) is 0.859. The van der Waals surface area contributed by atoms with Gasteiger partial charge in [0.2, 0.25) is 0 Å². The van der Waals surface area contributed by atoms with Gasteiger partial charge in [-0.3, -0.25) is 4.79 Å². The van der Waals surface area contributed by atoms with Gasteiger partial charge in [-0.05, 0) is 72.4 Å². The van der Waals surface area contributed by atoms with Crippen molar-refractivity contribution in [2.45, 2.75) is 36.0 Å². The van der Waals surface area contributed by atoms with Crippen molar-refractivity contribution in [2.75, 3.05) is 0 Å². The minimum atomic E-state index is -0.00129. The van der Waals surface area contributed by atoms with Gasteiger partial charge in [0.1, 0.15) is 0 Å². The lowest BCUT2D eigenvalue weighted by Crippen LogP contribution is -2.30. The molecule has 28 heavy (non-hydrogen) atoms. The van der Waals surface area contributed by atoms with Crippen LogP contribution in [0.25, 0.3) is 0 Å². The molecule has 1 amide bonds. The third-order valence-corrected chi connectivity index (χ3v) is 6.45. The second-order valence-electron chi connectivity index (χ2n) is 7.06. The predicted octanol–water partition coefficient (Wildman–Crippen LogP) is 6.44. The summed E-state index contributed by atoms with van der Waals surface area (Å²) in [6, 6.07) is 24.3. The molecule has 4 rings (SSSR count). The molecule has 0 aromatic heterocycles. The number of nitrogens with one attached hydrogen (secondary N) is 1. The fraction of sp³-hybridized carbons (Fsp3) is 0.208. The molecule has 0 aliphatic heterocycles. The van der Waals surface area contributed by atoms with E-state index in [1.165, 1.54) is 21.6 Å². The van der Waals surface area contributed by atoms with Gasteiger partial charge < -0.3 is 5.32 Å². The highest BCUT2D eigenvalue weighted by Gasteiger charge is 2.21. The van der Waals surface area contributed by atoms with Crippen molar-refractivity contribution in [2.24, 2.45) is 0 Å². The van der Waals surface area contributed by atoms with Crippen molar-refractivity contribution in [3.8, 4) is 0 Å². The number of amides is 1. The SMILES string of the molecule is O=C(N[C@H]1CCCc2ccccc21)c1ccc(CSc2ccc(Cl)cc2)cc1. The molecule has 1 atom stereocenters. The lowest BCUT2D eigenvalue weighted by atomic mass is 9.87. The number of hydrogen-bond acceptors (Lipinski definition) is 2. The molecule has 0 saturated carbocycles. The molecule has 0 spiro atoms. The zero-order valence-electron chi connectivity index (χ0n) is 15.5. The van der Waals surface area contributed by atoms with E-state index in [1.807, 2.05) is 48.5 Å². The van der Waals surface area contributed by atoms with Crippen LogP contribution in [0.2, 0.25) is 5.02 Å². The first kappa shape index (κ1) is 19.1. The fourth-order valence-electron chi connectivity index (χ4n) is 3.60. The van der Waals surface area contributed by atoms with Gasteiger partial charge in [0.25, 0.3) is 5.91 Å². The number of carbonyl (C=O) groups is 1. The summed E-state index contributed by atoms with van der Waals surface area (Å²) in [5, 5.41) is 3.97. The average molecular weight is 408 g/mol. The minimum Gasteiger partial charge on any atom is -0.345 e. The Labute approximate surface area is 175 Å². The highest BCUT2D eigenvalue weighted by Crippen LogP contribution is 2.30. The molecular weight excluding hydrogens is 386 g/mol. The van der Waals surface area contributed by atoms with Gasteiger partial charge in [-0.25, -0.2) is 0 Å². The summed E-state index contributed by atoms with van der Waals surface area (Å²) >= 11 is 7.68. The van der Waals surface area contributed by atoms with Crippen LogP contribution >= 0.6 is 23.4 Å². The maximum atomic E-state index is 12.7. The third-order valence-electron chi connectivity index (χ3n) is 5.11. The molecule has 2 nitrogen and oxygen atoms in total. The third kappa shape index (κ3) is 4.60. The number of rotatable bonds is 5. The monoisotopic (exact) mass is 407 g/mol. The first-order chi connectivity index (χ1) is 13.7. The molecule has 0 heterocycles. The van der Waals surface area contributed by atoms with E-state index in [4.69, 9.17) is 11.6 Å². The highest BCUT2D eigenvalue weighted by molar-refractivity contribution is 7.98. The zero-order valence-corrected chi connectivity index (χ0v) is 17.1. The Bertz CT molecular complexity index is 953. The van der Waals surface area contributed by atoms with E-state index in [2.05, 4.69) is 29.6 Å². The Morgan fingerprint density at radius 2 is 1.75 bits per heavy atom. The van der Waals surface area contributed by atoms with Crippen LogP contribution in [0.3, 0.4) is 0 Å². The molecular formula is C24H22ClNOS. The molecule has 0 saturated heterocycles. The maximum Gasteiger partial charge on any atom is 0.251 e. The summed E-state index contributed by atoms with van der Waals surface area (Å²) in [7, 11) is 0. The average Bonchev–Trinajstić information content (AvgIpc) is 2.74. The zero-order chi connectivity index (χ0) is 19.3. The summed E-state index contributed by atoms with van der Waals surface area (Å²) in [6.45, 7) is 0. The van der Waals surface area contributed by atoms with Crippen molar-refractivity contribution in [3.63, 3.8) is 0 Å². The van der Waals surface area contributed by atoms with E-state index in [0.29, 0.717) is 5.56 Å². The van der Waals surface area contributed by atoms with Gasteiger partial charge in [-0.1, -0.05) is 48.0 Å². The van der Waals surface area contributed by atoms with E-state index >= 15 is 0 Å². The second-order valence-corrected chi connectivity index (χ2v) is 8.54. The Kier molecular flexibility index (Phi) is 6.04. The van der Waals surface area contributed by atoms with Crippen LogP contribution in [0.1, 0.15) is 45.9 Å². The van der Waals surface area contributed by atoms with Crippen LogP contribution in [-0.2, 0) is 12.2 Å². The molecule has 0 unspecified atom stereocenters. The fourth-order valence-corrected chi connectivity index (χ4v) is 4.58. The number of halogens is 1. The van der Waals surface area contributed by atoms with Gasteiger partial charge in [0.15, 0.2) is 0 Å². The molecule has 1 aliphatic rings. The Balaban J connectivity index is 1.37. The molecule has 0 radical (unpaired) electrons. The van der Waals surface area contributed by atoms with E-state index in [0.717, 1.165) is 30.0 Å². The van der Waals surface area contributed by atoms with Crippen LogP contribution in [-0.4, -0.2) is 5.91 Å². The Morgan fingerprint density at radius 1 is 1.00 bits per heavy atom. The van der Waals surface area contributed by atoms with E-state index in [-0.39, 0.29) is 11.9 Å². The lowest BCUT2D eigenvalue weighted by Gasteiger charge is -2.26. The standard InChI is InChI=1S/C24H22ClNOS/c25-20-12-14-21(15-13-20)28-16-17-8-10-19(11-9-17)24(27)26-23-7-3-5-18-4-1-2-6-22(18)23/h1-2,4,6,8-15,23H,3,5,7,16H2,(H,26,27)/t23-/m0/s1. The molecule has 4 heteroatoms. The molecule has 1 N–H and O–H groups in total. The maximum absolute atomic E-state index is 12.7. The van der Waals surface area contributed by atoms with E-state index < -0.39 is 0 Å². The number of carbonyl (C=O) groups excluding carboxylic acids is 1. The van der Waals surface area contributed by atoms with Crippen molar-refractivity contribution < 1.29 is 4.79 Å². The van der Waals surface area contributed by atoms with Gasteiger partial charge >= 0.3 is 0 Å². The molecule has 1 aliphatic carbocycles. The topological polar surface area (TPSA) is 29.1 Å². The second kappa shape index (κ2) is 8.85. The van der Waals surface area contributed by atoms with Crippen molar-refractivity contribution in [1.29, 1.82) is 0 Å². The minimum absolute atomic E-state index is 0.00129. The van der Waals surface area contributed by atoms with Gasteiger partial charge in [0.05, 0.1) is 6.04 Å². The summed E-state index contributed by atoms with van der Waals surface area (Å²) in [4.78, 5) is 13.9. The van der Waals surface area contributed by atoms with Crippen molar-refractivity contribution >= 4 is 29.3 Å². The summed E-state index contributed by atoms with van der Waals surface area (Å²) in [6.07, 6.45) is 3.21. The number of hydrogen-bond donors (Lipinski definition) is 1. The lowest BCUT2D eigenvalue weighted by molar-refractivity contribution is 0.0933. The van der Waals surface area contributed by atoms with Gasteiger partial charge in [-0.2, -0.15) is 0 Å². The quantitative estimate of drug-likeness (QED) is 0.493. The van der Waals surface area contributed by atoms with Crippen LogP contribution in [0.4, 0.5) is 0 Å². The van der Waals surface area contributed by atoms with Crippen LogP contribution in [0.15, 0.2) is 77.7 Å². The summed E-state index contributed by atoms with van der Waals surface area (Å²) < 4.78 is 0. The normalized spacial score (nSPS) is 15.7. The van der Waals surface area contributed by atoms with Gasteiger partial charge in [-0.15, -0.1) is 11.8 Å². The number of thioether (sulfide) groups is 1. The van der Waals surface area contributed by atoms with Gasteiger partial charge in [0, 0.05) is 21.2 Å². The van der Waals surface area contributed by atoms with E-state index in [1.54, 1.807) is 11.8 Å². The number of fused-ring (bicyclic) bond motifs is 1. The van der Waals surface area contributed by atoms with Crippen molar-refractivity contribution in [3.05, 3.63) is 100 Å². The van der Waals surface area contributed by atoms with Crippen LogP contribution in [0.5, 0.6) is 0 Å². The molecule has 0 bridgehead atoms. The van der Waals surface area contributed by atoms with Crippen LogP contribution < -0.4 is 5.32 Å². The summed E-state index contributed by atoms with van der Waals surface area (Å²) in [5.41, 5.74) is 4.52. The molecule has 0 fully saturated rings. The first-order valence-corrected chi connectivity index (χ1v) is 10.9. The molecule has 3 aromatic rings. The largest absolute Gasteiger partial charge is 0.345 e. The molecule has 3 aromatic carbocycles.